The Balaban J connectivity index is 1.80. The number of primary amides is 1. The van der Waals surface area contributed by atoms with Gasteiger partial charge in [-0.25, -0.2) is 8.42 Å². The third-order valence-electron chi connectivity index (χ3n) is 4.13. The number of para-hydroxylation sites is 2. The second-order valence-electron chi connectivity index (χ2n) is 6.13. The summed E-state index contributed by atoms with van der Waals surface area (Å²) < 4.78 is 31.2. The highest BCUT2D eigenvalue weighted by Gasteiger charge is 2.31. The summed E-state index contributed by atoms with van der Waals surface area (Å²) in [6.45, 7) is 0.120. The summed E-state index contributed by atoms with van der Waals surface area (Å²) in [6, 6.07) is 12.8. The average molecular weight is 389 g/mol. The van der Waals surface area contributed by atoms with Gasteiger partial charge in [0.15, 0.2) is 6.10 Å². The fraction of sp³-hybridized carbons (Fsp3) is 0.222. The quantitative estimate of drug-likeness (QED) is 0.818. The minimum Gasteiger partial charge on any atom is -0.478 e. The Kier molecular flexibility index (Phi) is 5.04. The molecule has 142 valence electrons. The number of rotatable bonds is 4. The van der Waals surface area contributed by atoms with Crippen LogP contribution >= 0.6 is 0 Å². The van der Waals surface area contributed by atoms with Gasteiger partial charge in [0, 0.05) is 24.2 Å². The summed E-state index contributed by atoms with van der Waals surface area (Å²) in [4.78, 5) is 23.7. The molecule has 3 rings (SSSR count). The summed E-state index contributed by atoms with van der Waals surface area (Å²) in [7, 11) is -3.51. The molecule has 1 aliphatic heterocycles. The molecule has 9 heteroatoms. The second-order valence-corrected chi connectivity index (χ2v) is 8.04. The molecule has 27 heavy (non-hydrogen) atoms. The average Bonchev–Trinajstić information content (AvgIpc) is 2.81. The van der Waals surface area contributed by atoms with Gasteiger partial charge in [0.2, 0.25) is 15.9 Å². The van der Waals surface area contributed by atoms with E-state index < -0.39 is 27.9 Å². The third kappa shape index (κ3) is 4.20. The topological polar surface area (TPSA) is 119 Å². The maximum absolute atomic E-state index is 12.6. The van der Waals surface area contributed by atoms with E-state index in [-0.39, 0.29) is 13.0 Å². The third-order valence-corrected chi connectivity index (χ3v) is 5.31. The first-order valence-electron chi connectivity index (χ1n) is 8.20. The number of ether oxygens (including phenoxy) is 1. The molecule has 8 nitrogen and oxygen atoms in total. The Morgan fingerprint density at radius 2 is 1.81 bits per heavy atom. The molecule has 1 aliphatic rings. The lowest BCUT2D eigenvalue weighted by atomic mass is 10.2. The first-order valence-corrected chi connectivity index (χ1v) is 10.0. The van der Waals surface area contributed by atoms with Crippen LogP contribution in [0, 0.1) is 0 Å². The highest BCUT2D eigenvalue weighted by atomic mass is 32.2. The number of nitrogens with two attached hydrogens (primary N) is 1. The number of anilines is 2. The van der Waals surface area contributed by atoms with Crippen molar-refractivity contribution in [3.05, 3.63) is 54.1 Å². The fourth-order valence-corrected chi connectivity index (χ4v) is 3.74. The number of sulfonamides is 1. The Labute approximate surface area is 157 Å². The van der Waals surface area contributed by atoms with Gasteiger partial charge in [0.05, 0.1) is 11.9 Å². The van der Waals surface area contributed by atoms with Crippen LogP contribution in [-0.4, -0.2) is 39.1 Å². The zero-order valence-corrected chi connectivity index (χ0v) is 15.4. The van der Waals surface area contributed by atoms with E-state index >= 15 is 0 Å². The molecule has 0 radical (unpaired) electrons. The summed E-state index contributed by atoms with van der Waals surface area (Å²) in [5.41, 5.74) is 6.40. The molecule has 0 saturated heterocycles. The van der Waals surface area contributed by atoms with Crippen molar-refractivity contribution < 1.29 is 22.7 Å². The molecular weight excluding hydrogens is 370 g/mol. The van der Waals surface area contributed by atoms with E-state index in [4.69, 9.17) is 10.5 Å². The van der Waals surface area contributed by atoms with Crippen molar-refractivity contribution >= 4 is 33.2 Å². The van der Waals surface area contributed by atoms with Crippen LogP contribution in [0.15, 0.2) is 48.5 Å². The minimum atomic E-state index is -3.51. The molecule has 0 aliphatic carbocycles. The van der Waals surface area contributed by atoms with Crippen LogP contribution < -0.4 is 20.1 Å². The zero-order valence-electron chi connectivity index (χ0n) is 14.6. The Hall–Kier alpha value is -3.07. The lowest BCUT2D eigenvalue weighted by Crippen LogP contribution is -2.36. The van der Waals surface area contributed by atoms with Crippen LogP contribution in [0.1, 0.15) is 16.8 Å². The van der Waals surface area contributed by atoms with Crippen LogP contribution in [0.3, 0.4) is 0 Å². The molecule has 0 saturated carbocycles. The van der Waals surface area contributed by atoms with E-state index in [1.54, 1.807) is 36.4 Å². The van der Waals surface area contributed by atoms with Crippen LogP contribution in [0.2, 0.25) is 0 Å². The van der Waals surface area contributed by atoms with E-state index in [2.05, 4.69) is 5.32 Å². The van der Waals surface area contributed by atoms with Gasteiger partial charge in [-0.2, -0.15) is 0 Å². The van der Waals surface area contributed by atoms with Gasteiger partial charge >= 0.3 is 0 Å². The van der Waals surface area contributed by atoms with Gasteiger partial charge in [-0.1, -0.05) is 12.1 Å². The highest BCUT2D eigenvalue weighted by molar-refractivity contribution is 7.92. The molecular formula is C18H19N3O5S. The smallest absolute Gasteiger partial charge is 0.265 e. The summed E-state index contributed by atoms with van der Waals surface area (Å²) in [5, 5.41) is 2.71. The molecule has 1 unspecified atom stereocenters. The number of hydrogen-bond acceptors (Lipinski definition) is 5. The lowest BCUT2D eigenvalue weighted by Gasteiger charge is -2.20. The van der Waals surface area contributed by atoms with Gasteiger partial charge in [-0.3, -0.25) is 13.9 Å². The van der Waals surface area contributed by atoms with Crippen LogP contribution in [0.25, 0.3) is 0 Å². The van der Waals surface area contributed by atoms with Gasteiger partial charge in [-0.05, 0) is 36.4 Å². The normalized spacial score (nSPS) is 16.6. The van der Waals surface area contributed by atoms with Gasteiger partial charge in [-0.15, -0.1) is 0 Å². The van der Waals surface area contributed by atoms with Crippen molar-refractivity contribution in [2.75, 3.05) is 22.4 Å². The van der Waals surface area contributed by atoms with E-state index in [1.807, 2.05) is 0 Å². The van der Waals surface area contributed by atoms with Crippen molar-refractivity contribution in [1.82, 2.24) is 0 Å². The summed E-state index contributed by atoms with van der Waals surface area (Å²) in [6.07, 6.45) is 0.436. The Morgan fingerprint density at radius 3 is 2.44 bits per heavy atom. The van der Waals surface area contributed by atoms with Crippen LogP contribution in [0.4, 0.5) is 11.4 Å². The number of carbonyl (C=O) groups excluding carboxylic acids is 2. The summed E-state index contributed by atoms with van der Waals surface area (Å²) >= 11 is 0. The molecule has 0 spiro atoms. The highest BCUT2D eigenvalue weighted by Crippen LogP contribution is 2.34. The fourth-order valence-electron chi connectivity index (χ4n) is 2.80. The summed E-state index contributed by atoms with van der Waals surface area (Å²) in [5.74, 6) is -0.644. The number of nitrogens with zero attached hydrogens (tertiary/aromatic N) is 1. The number of hydrogen-bond donors (Lipinski definition) is 2. The minimum absolute atomic E-state index is 0.120. The molecule has 1 atom stereocenters. The molecule has 2 aromatic carbocycles. The van der Waals surface area contributed by atoms with Crippen molar-refractivity contribution in [1.29, 1.82) is 0 Å². The van der Waals surface area contributed by atoms with E-state index in [1.165, 1.54) is 16.4 Å². The van der Waals surface area contributed by atoms with Gasteiger partial charge < -0.3 is 15.8 Å². The number of carbonyl (C=O) groups is 2. The monoisotopic (exact) mass is 389 g/mol. The maximum Gasteiger partial charge on any atom is 0.265 e. The number of nitrogens with one attached hydrogen (secondary N) is 1. The molecule has 1 heterocycles. The second kappa shape index (κ2) is 7.28. The molecule has 0 fully saturated rings. The first-order chi connectivity index (χ1) is 12.8. The van der Waals surface area contributed by atoms with Crippen molar-refractivity contribution in [2.24, 2.45) is 5.73 Å². The van der Waals surface area contributed by atoms with Gasteiger partial charge in [0.1, 0.15) is 5.75 Å². The predicted octanol–water partition coefficient (Wildman–Crippen LogP) is 1.34. The maximum atomic E-state index is 12.6. The number of amides is 2. The van der Waals surface area contributed by atoms with E-state index in [0.717, 1.165) is 6.26 Å². The van der Waals surface area contributed by atoms with Crippen molar-refractivity contribution in [3.63, 3.8) is 0 Å². The lowest BCUT2D eigenvalue weighted by molar-refractivity contribution is -0.122. The SMILES string of the molecule is CS(=O)(=O)N1CCC(C(=O)Nc2ccc(C(N)=O)cc2)Oc2ccccc21. The number of fused-ring (bicyclic) bond motifs is 1. The largest absolute Gasteiger partial charge is 0.478 e. The van der Waals surface area contributed by atoms with Gasteiger partial charge in [0.25, 0.3) is 5.91 Å². The zero-order chi connectivity index (χ0) is 19.6. The molecule has 2 amide bonds. The molecule has 3 N–H and O–H groups in total. The Morgan fingerprint density at radius 1 is 1.15 bits per heavy atom. The van der Waals surface area contributed by atoms with Crippen LogP contribution in [0.5, 0.6) is 5.75 Å². The van der Waals surface area contributed by atoms with Crippen LogP contribution in [-0.2, 0) is 14.8 Å². The number of benzene rings is 2. The Bertz CT molecular complexity index is 973. The van der Waals surface area contributed by atoms with E-state index in [9.17, 15) is 18.0 Å². The van der Waals surface area contributed by atoms with Crippen molar-refractivity contribution in [2.45, 2.75) is 12.5 Å². The van der Waals surface area contributed by atoms with Crippen molar-refractivity contribution in [3.8, 4) is 5.75 Å². The first kappa shape index (κ1) is 18.7. The molecule has 0 aromatic heterocycles. The predicted molar refractivity (Wildman–Crippen MR) is 101 cm³/mol. The molecule has 0 bridgehead atoms. The molecule has 2 aromatic rings. The van der Waals surface area contributed by atoms with E-state index in [0.29, 0.717) is 22.7 Å². The standard InChI is InChI=1S/C18H19N3O5S/c1-27(24,25)21-11-10-16(26-15-5-3-2-4-14(15)21)18(23)20-13-8-6-12(7-9-13)17(19)22/h2-9,16H,10-11H2,1H3,(H2,19,22)(H,20,23).